The number of carbonyl (C=O) groups is 1. The Kier molecular flexibility index (Phi) is 8.18. The lowest BCUT2D eigenvalue weighted by atomic mass is 10.2. The van der Waals surface area contributed by atoms with Crippen LogP contribution in [0.15, 0.2) is 0 Å². The Hall–Kier alpha value is -0.810. The predicted octanol–water partition coefficient (Wildman–Crippen LogP) is 3.18. The van der Waals surface area contributed by atoms with Crippen LogP contribution in [0.25, 0.3) is 0 Å². The van der Waals surface area contributed by atoms with Crippen molar-refractivity contribution >= 4 is 6.09 Å². The van der Waals surface area contributed by atoms with E-state index in [1.54, 1.807) is 0 Å². The van der Waals surface area contributed by atoms with E-state index in [0.717, 1.165) is 51.9 Å². The van der Waals surface area contributed by atoms with E-state index in [9.17, 15) is 4.79 Å². The van der Waals surface area contributed by atoms with E-state index >= 15 is 0 Å². The lowest BCUT2D eigenvalue weighted by Gasteiger charge is -2.28. The number of carbonyl (C=O) groups excluding carboxylic acids is 1. The summed E-state index contributed by atoms with van der Waals surface area (Å²) in [5.41, 5.74) is -0.423. The molecule has 1 unspecified atom stereocenters. The Labute approximate surface area is 135 Å². The topological polar surface area (TPSA) is 50.8 Å². The van der Waals surface area contributed by atoms with Crippen molar-refractivity contribution < 1.29 is 14.3 Å². The SMILES string of the molecule is CC(C)OCCCCNCC1CCCN1C(=O)OC(C)(C)C. The van der Waals surface area contributed by atoms with Gasteiger partial charge in [0.15, 0.2) is 0 Å². The average molecular weight is 314 g/mol. The van der Waals surface area contributed by atoms with Gasteiger partial charge in [-0.05, 0) is 66.8 Å². The Balaban J connectivity index is 2.17. The number of hydrogen-bond donors (Lipinski definition) is 1. The average Bonchev–Trinajstić information content (AvgIpc) is 2.83. The van der Waals surface area contributed by atoms with Crippen molar-refractivity contribution in [3.8, 4) is 0 Å². The Morgan fingerprint density at radius 3 is 2.68 bits per heavy atom. The van der Waals surface area contributed by atoms with Gasteiger partial charge in [0.05, 0.1) is 6.10 Å². The summed E-state index contributed by atoms with van der Waals surface area (Å²) in [7, 11) is 0. The summed E-state index contributed by atoms with van der Waals surface area (Å²) in [6, 6.07) is 0.266. The zero-order valence-corrected chi connectivity index (χ0v) is 15.0. The lowest BCUT2D eigenvalue weighted by Crippen LogP contribution is -2.44. The number of unbranched alkanes of at least 4 members (excludes halogenated alkanes) is 1. The molecule has 1 rings (SSSR count). The third-order valence-electron chi connectivity index (χ3n) is 3.58. The second-order valence-electron chi connectivity index (χ2n) is 7.30. The van der Waals surface area contributed by atoms with Gasteiger partial charge in [0.1, 0.15) is 5.60 Å². The van der Waals surface area contributed by atoms with Crippen molar-refractivity contribution in [3.05, 3.63) is 0 Å². The smallest absolute Gasteiger partial charge is 0.410 e. The van der Waals surface area contributed by atoms with Gasteiger partial charge in [-0.1, -0.05) is 0 Å². The third kappa shape index (κ3) is 7.99. The largest absolute Gasteiger partial charge is 0.444 e. The van der Waals surface area contributed by atoms with E-state index in [1.807, 2.05) is 25.7 Å². The quantitative estimate of drug-likeness (QED) is 0.699. The first kappa shape index (κ1) is 19.2. The minimum atomic E-state index is -0.423. The highest BCUT2D eigenvalue weighted by atomic mass is 16.6. The molecular formula is C17H34N2O3. The Morgan fingerprint density at radius 1 is 1.32 bits per heavy atom. The van der Waals surface area contributed by atoms with E-state index in [2.05, 4.69) is 19.2 Å². The molecule has 1 aliphatic rings. The lowest BCUT2D eigenvalue weighted by molar-refractivity contribution is 0.0226. The molecule has 0 aromatic carbocycles. The molecule has 0 radical (unpaired) electrons. The number of amides is 1. The fourth-order valence-electron chi connectivity index (χ4n) is 2.55. The molecule has 5 heteroatoms. The number of nitrogens with one attached hydrogen (secondary N) is 1. The molecule has 0 aromatic heterocycles. The molecule has 0 bridgehead atoms. The van der Waals surface area contributed by atoms with Crippen LogP contribution in [0, 0.1) is 0 Å². The van der Waals surface area contributed by atoms with E-state index in [-0.39, 0.29) is 12.1 Å². The maximum atomic E-state index is 12.2. The summed E-state index contributed by atoms with van der Waals surface area (Å²) >= 11 is 0. The van der Waals surface area contributed by atoms with Crippen molar-refractivity contribution in [2.75, 3.05) is 26.2 Å². The molecule has 0 saturated carbocycles. The van der Waals surface area contributed by atoms with Crippen LogP contribution in [0.5, 0.6) is 0 Å². The number of likely N-dealkylation sites (tertiary alicyclic amines) is 1. The molecule has 22 heavy (non-hydrogen) atoms. The minimum absolute atomic E-state index is 0.179. The number of hydrogen-bond acceptors (Lipinski definition) is 4. The van der Waals surface area contributed by atoms with Gasteiger partial charge in [-0.3, -0.25) is 0 Å². The molecule has 0 aromatic rings. The highest BCUT2D eigenvalue weighted by Gasteiger charge is 2.31. The highest BCUT2D eigenvalue weighted by Crippen LogP contribution is 2.20. The summed E-state index contributed by atoms with van der Waals surface area (Å²) in [6.07, 6.45) is 4.43. The van der Waals surface area contributed by atoms with Crippen LogP contribution < -0.4 is 5.32 Å². The van der Waals surface area contributed by atoms with Crippen LogP contribution in [-0.2, 0) is 9.47 Å². The molecule has 0 aliphatic carbocycles. The third-order valence-corrected chi connectivity index (χ3v) is 3.58. The number of rotatable bonds is 8. The Bertz CT molecular complexity index is 326. The molecule has 1 N–H and O–H groups in total. The molecule has 1 heterocycles. The molecule has 130 valence electrons. The normalized spacial score (nSPS) is 19.0. The van der Waals surface area contributed by atoms with Crippen molar-refractivity contribution in [3.63, 3.8) is 0 Å². The van der Waals surface area contributed by atoms with E-state index in [1.165, 1.54) is 0 Å². The fourth-order valence-corrected chi connectivity index (χ4v) is 2.55. The van der Waals surface area contributed by atoms with Gasteiger partial charge in [-0.15, -0.1) is 0 Å². The maximum absolute atomic E-state index is 12.2. The summed E-state index contributed by atoms with van der Waals surface area (Å²) in [6.45, 7) is 13.3. The summed E-state index contributed by atoms with van der Waals surface area (Å²) in [5.74, 6) is 0. The first-order valence-electron chi connectivity index (χ1n) is 8.61. The fraction of sp³-hybridized carbons (Fsp3) is 0.941. The summed E-state index contributed by atoms with van der Waals surface area (Å²) < 4.78 is 11.0. The summed E-state index contributed by atoms with van der Waals surface area (Å²) in [5, 5.41) is 3.46. The zero-order chi connectivity index (χ0) is 16.6. The van der Waals surface area contributed by atoms with Crippen LogP contribution in [0.4, 0.5) is 4.79 Å². The standard InChI is InChI=1S/C17H34N2O3/c1-14(2)21-12-7-6-10-18-13-15-9-8-11-19(15)16(20)22-17(3,4)5/h14-15,18H,6-13H2,1-5H3. The first-order chi connectivity index (χ1) is 10.3. The second-order valence-corrected chi connectivity index (χ2v) is 7.30. The predicted molar refractivity (Wildman–Crippen MR) is 89.2 cm³/mol. The number of ether oxygens (including phenoxy) is 2. The van der Waals surface area contributed by atoms with Crippen molar-refractivity contribution in [2.24, 2.45) is 0 Å². The van der Waals surface area contributed by atoms with Crippen LogP contribution in [0.2, 0.25) is 0 Å². The molecule has 1 aliphatic heterocycles. The van der Waals surface area contributed by atoms with Crippen molar-refractivity contribution in [1.29, 1.82) is 0 Å². The first-order valence-corrected chi connectivity index (χ1v) is 8.61. The van der Waals surface area contributed by atoms with Crippen LogP contribution in [-0.4, -0.2) is 55.0 Å². The van der Waals surface area contributed by atoms with E-state index in [0.29, 0.717) is 6.10 Å². The molecular weight excluding hydrogens is 280 g/mol. The van der Waals surface area contributed by atoms with Crippen LogP contribution in [0.1, 0.15) is 60.3 Å². The van der Waals surface area contributed by atoms with Gasteiger partial charge in [0.2, 0.25) is 0 Å². The maximum Gasteiger partial charge on any atom is 0.410 e. The minimum Gasteiger partial charge on any atom is -0.444 e. The van der Waals surface area contributed by atoms with Crippen LogP contribution in [0.3, 0.4) is 0 Å². The number of nitrogens with zero attached hydrogens (tertiary/aromatic N) is 1. The van der Waals surface area contributed by atoms with Gasteiger partial charge in [-0.2, -0.15) is 0 Å². The van der Waals surface area contributed by atoms with Crippen LogP contribution >= 0.6 is 0 Å². The van der Waals surface area contributed by atoms with Crippen molar-refractivity contribution in [1.82, 2.24) is 10.2 Å². The molecule has 1 saturated heterocycles. The molecule has 1 fully saturated rings. The van der Waals surface area contributed by atoms with Gasteiger partial charge in [-0.25, -0.2) is 4.79 Å². The molecule has 0 spiro atoms. The van der Waals surface area contributed by atoms with E-state index < -0.39 is 5.60 Å². The van der Waals surface area contributed by atoms with Gasteiger partial charge < -0.3 is 19.7 Å². The zero-order valence-electron chi connectivity index (χ0n) is 15.0. The highest BCUT2D eigenvalue weighted by molar-refractivity contribution is 5.69. The molecule has 5 nitrogen and oxygen atoms in total. The second kappa shape index (κ2) is 9.36. The molecule has 1 atom stereocenters. The summed E-state index contributed by atoms with van der Waals surface area (Å²) in [4.78, 5) is 14.0. The monoisotopic (exact) mass is 314 g/mol. The van der Waals surface area contributed by atoms with Crippen molar-refractivity contribution in [2.45, 2.75) is 78.0 Å². The molecule has 1 amide bonds. The Morgan fingerprint density at radius 2 is 2.05 bits per heavy atom. The van der Waals surface area contributed by atoms with Gasteiger partial charge >= 0.3 is 6.09 Å². The van der Waals surface area contributed by atoms with Gasteiger partial charge in [0, 0.05) is 25.7 Å². The van der Waals surface area contributed by atoms with Gasteiger partial charge in [0.25, 0.3) is 0 Å². The van der Waals surface area contributed by atoms with E-state index in [4.69, 9.17) is 9.47 Å².